The van der Waals surface area contributed by atoms with E-state index < -0.39 is 63.3 Å². The Kier molecular flexibility index (Phi) is 13.8. The highest BCUT2D eigenvalue weighted by Gasteiger charge is 2.52. The first-order valence-electron chi connectivity index (χ1n) is 15.8. The van der Waals surface area contributed by atoms with Gasteiger partial charge in [-0.05, 0) is 35.6 Å². The quantitative estimate of drug-likeness (QED) is 0.0986. The van der Waals surface area contributed by atoms with Crippen molar-refractivity contribution in [2.24, 2.45) is 5.41 Å². The van der Waals surface area contributed by atoms with Crippen molar-refractivity contribution < 1.29 is 60.8 Å². The summed E-state index contributed by atoms with van der Waals surface area (Å²) in [6.07, 6.45) is -9.89. The molecule has 3 aromatic carbocycles. The number of para-hydroxylation sites is 1. The van der Waals surface area contributed by atoms with Crippen molar-refractivity contribution in [1.82, 2.24) is 5.09 Å². The van der Waals surface area contributed by atoms with Crippen LogP contribution in [0.1, 0.15) is 38.8 Å². The van der Waals surface area contributed by atoms with Gasteiger partial charge >= 0.3 is 26.0 Å². The SMILES string of the molecule is C[C@H](NP(=O)(Oc1ccccc1)OC1O[C@H](COC(=O)OCc2ccccc2)[C@@H](OC(=O)OCc2ccccc2)[C@@H]1F)C(=O)OCC(C)(C)C. The Morgan fingerprint density at radius 2 is 1.36 bits per heavy atom. The van der Waals surface area contributed by atoms with Crippen LogP contribution in [0.2, 0.25) is 0 Å². The van der Waals surface area contributed by atoms with E-state index in [0.29, 0.717) is 11.1 Å². The van der Waals surface area contributed by atoms with Gasteiger partial charge in [0.15, 0.2) is 12.3 Å². The predicted molar refractivity (Wildman–Crippen MR) is 176 cm³/mol. The maximum Gasteiger partial charge on any atom is 0.509 e. The normalized spacial score (nSPS) is 20.5. The first kappa shape index (κ1) is 38.3. The molecule has 1 aliphatic rings. The zero-order chi connectivity index (χ0) is 36.1. The van der Waals surface area contributed by atoms with E-state index in [2.05, 4.69) is 5.09 Å². The van der Waals surface area contributed by atoms with E-state index in [9.17, 15) is 18.9 Å². The Bertz CT molecular complexity index is 1570. The molecular formula is C35H41FNO12P. The van der Waals surface area contributed by atoms with Gasteiger partial charge in [0.05, 0.1) is 6.61 Å². The number of alkyl halides is 1. The molecule has 1 saturated heterocycles. The second kappa shape index (κ2) is 18.0. The molecule has 2 unspecified atom stereocenters. The molecule has 270 valence electrons. The van der Waals surface area contributed by atoms with Crippen molar-refractivity contribution in [2.75, 3.05) is 13.2 Å². The van der Waals surface area contributed by atoms with Gasteiger partial charge in [0.25, 0.3) is 0 Å². The van der Waals surface area contributed by atoms with E-state index in [-0.39, 0.29) is 31.0 Å². The summed E-state index contributed by atoms with van der Waals surface area (Å²) >= 11 is 0. The van der Waals surface area contributed by atoms with Crippen LogP contribution in [0.25, 0.3) is 0 Å². The third-order valence-electron chi connectivity index (χ3n) is 6.81. The third kappa shape index (κ3) is 12.4. The summed E-state index contributed by atoms with van der Waals surface area (Å²) in [6.45, 7) is 6.09. The summed E-state index contributed by atoms with van der Waals surface area (Å²) in [5, 5.41) is 2.47. The summed E-state index contributed by atoms with van der Waals surface area (Å²) in [4.78, 5) is 37.8. The highest BCUT2D eigenvalue weighted by Crippen LogP contribution is 2.48. The average molecular weight is 718 g/mol. The van der Waals surface area contributed by atoms with Crippen LogP contribution < -0.4 is 9.61 Å². The van der Waals surface area contributed by atoms with Crippen LogP contribution in [0.3, 0.4) is 0 Å². The largest absolute Gasteiger partial charge is 0.509 e. The van der Waals surface area contributed by atoms with Gasteiger partial charge in [0.2, 0.25) is 6.29 Å². The van der Waals surface area contributed by atoms with Crippen LogP contribution in [-0.4, -0.2) is 62.2 Å². The molecule has 1 N–H and O–H groups in total. The number of carbonyl (C=O) groups is 3. The monoisotopic (exact) mass is 717 g/mol. The molecule has 3 aromatic rings. The highest BCUT2D eigenvalue weighted by molar-refractivity contribution is 7.52. The van der Waals surface area contributed by atoms with Crippen molar-refractivity contribution in [3.05, 3.63) is 102 Å². The minimum Gasteiger partial charge on any atom is -0.464 e. The van der Waals surface area contributed by atoms with Gasteiger partial charge in [-0.15, -0.1) is 0 Å². The molecule has 1 heterocycles. The van der Waals surface area contributed by atoms with Crippen molar-refractivity contribution in [1.29, 1.82) is 0 Å². The molecule has 0 spiro atoms. The van der Waals surface area contributed by atoms with E-state index in [0.717, 1.165) is 0 Å². The summed E-state index contributed by atoms with van der Waals surface area (Å²) in [5.74, 6) is -0.711. The zero-order valence-corrected chi connectivity index (χ0v) is 29.0. The van der Waals surface area contributed by atoms with Crippen LogP contribution in [-0.2, 0) is 55.5 Å². The third-order valence-corrected chi connectivity index (χ3v) is 8.45. The van der Waals surface area contributed by atoms with Gasteiger partial charge in [-0.3, -0.25) is 9.32 Å². The van der Waals surface area contributed by atoms with Crippen molar-refractivity contribution >= 4 is 26.0 Å². The second-order valence-electron chi connectivity index (χ2n) is 12.5. The topological polar surface area (TPSA) is 154 Å². The molecule has 0 aliphatic carbocycles. The fourth-order valence-corrected chi connectivity index (χ4v) is 5.93. The molecule has 15 heteroatoms. The molecule has 50 heavy (non-hydrogen) atoms. The molecule has 1 fully saturated rings. The van der Waals surface area contributed by atoms with E-state index >= 15 is 4.39 Å². The summed E-state index contributed by atoms with van der Waals surface area (Å²) < 4.78 is 73.1. The fraction of sp³-hybridized carbons (Fsp3) is 0.400. The minimum absolute atomic E-state index is 0.0605. The minimum atomic E-state index is -4.64. The van der Waals surface area contributed by atoms with E-state index in [1.165, 1.54) is 19.1 Å². The van der Waals surface area contributed by atoms with Crippen LogP contribution in [0.4, 0.5) is 14.0 Å². The molecule has 0 aromatic heterocycles. The summed E-state index contributed by atoms with van der Waals surface area (Å²) in [5.41, 5.74) is 0.989. The van der Waals surface area contributed by atoms with Gasteiger partial charge in [-0.2, -0.15) is 5.09 Å². The lowest BCUT2D eigenvalue weighted by Crippen LogP contribution is -2.39. The highest BCUT2D eigenvalue weighted by atomic mass is 31.2. The number of ether oxygens (including phenoxy) is 6. The lowest BCUT2D eigenvalue weighted by atomic mass is 9.99. The van der Waals surface area contributed by atoms with Crippen LogP contribution in [0.15, 0.2) is 91.0 Å². The standard InChI is InChI=1S/C35H41FNO12P/c1-24(31(38)45-23-35(2,3)4)37-50(41,48-27-18-12-7-13-19-27)49-32-29(36)30(47-34(40)43-21-26-16-10-6-11-17-26)28(46-32)22-44-33(39)42-20-25-14-8-5-9-15-25/h5-19,24,28-30,32H,20-23H2,1-4H3,(H,37,41)/t24-,28+,29-,30+,32?,50?/m0/s1. The lowest BCUT2D eigenvalue weighted by Gasteiger charge is -2.26. The van der Waals surface area contributed by atoms with Crippen LogP contribution in [0, 0.1) is 5.41 Å². The lowest BCUT2D eigenvalue weighted by molar-refractivity contribution is -0.148. The molecule has 4 rings (SSSR count). The number of benzene rings is 3. The van der Waals surface area contributed by atoms with E-state index in [1.54, 1.807) is 78.9 Å². The second-order valence-corrected chi connectivity index (χ2v) is 14.1. The van der Waals surface area contributed by atoms with Crippen LogP contribution >= 0.6 is 7.75 Å². The molecule has 1 aliphatic heterocycles. The number of carbonyl (C=O) groups excluding carboxylic acids is 3. The first-order valence-corrected chi connectivity index (χ1v) is 17.3. The van der Waals surface area contributed by atoms with Gasteiger partial charge in [0.1, 0.15) is 37.7 Å². The zero-order valence-electron chi connectivity index (χ0n) is 28.1. The molecule has 0 bridgehead atoms. The van der Waals surface area contributed by atoms with Gasteiger partial charge < -0.3 is 32.9 Å². The van der Waals surface area contributed by atoms with Crippen molar-refractivity contribution in [2.45, 2.75) is 71.6 Å². The molecule has 0 amide bonds. The molecular weight excluding hydrogens is 676 g/mol. The van der Waals surface area contributed by atoms with Crippen molar-refractivity contribution in [3.8, 4) is 5.75 Å². The number of nitrogens with one attached hydrogen (secondary N) is 1. The molecule has 13 nitrogen and oxygen atoms in total. The van der Waals surface area contributed by atoms with Gasteiger partial charge in [-0.25, -0.2) is 18.5 Å². The smallest absolute Gasteiger partial charge is 0.464 e. The Morgan fingerprint density at radius 3 is 1.92 bits per heavy atom. The molecule has 6 atom stereocenters. The fourth-order valence-electron chi connectivity index (χ4n) is 4.35. The number of hydrogen-bond acceptors (Lipinski definition) is 12. The summed E-state index contributed by atoms with van der Waals surface area (Å²) in [7, 11) is -4.64. The van der Waals surface area contributed by atoms with Gasteiger partial charge in [0, 0.05) is 0 Å². The summed E-state index contributed by atoms with van der Waals surface area (Å²) in [6, 6.07) is 24.1. The van der Waals surface area contributed by atoms with E-state index in [1.807, 2.05) is 20.8 Å². The molecule has 0 radical (unpaired) electrons. The number of hydrogen-bond donors (Lipinski definition) is 1. The van der Waals surface area contributed by atoms with Crippen molar-refractivity contribution in [3.63, 3.8) is 0 Å². The first-order chi connectivity index (χ1) is 23.8. The number of halogens is 1. The maximum atomic E-state index is 16.1. The Hall–Kier alpha value is -4.49. The Labute approximate surface area is 289 Å². The average Bonchev–Trinajstić information content (AvgIpc) is 3.37. The van der Waals surface area contributed by atoms with Gasteiger partial charge in [-0.1, -0.05) is 99.6 Å². The predicted octanol–water partition coefficient (Wildman–Crippen LogP) is 6.90. The van der Waals surface area contributed by atoms with E-state index in [4.69, 9.17) is 37.5 Å². The Balaban J connectivity index is 1.48. The maximum absolute atomic E-state index is 16.1. The Morgan fingerprint density at radius 1 is 0.820 bits per heavy atom. The molecule has 0 saturated carbocycles. The number of rotatable bonds is 15. The van der Waals surface area contributed by atoms with Crippen LogP contribution in [0.5, 0.6) is 5.75 Å². The number of esters is 1.